The molecule has 1 aromatic heterocycles. The van der Waals surface area contributed by atoms with Crippen LogP contribution in [0.1, 0.15) is 42.7 Å². The van der Waals surface area contributed by atoms with E-state index in [0.717, 1.165) is 18.9 Å². The average Bonchev–Trinajstić information content (AvgIpc) is 2.61. The van der Waals surface area contributed by atoms with E-state index in [0.29, 0.717) is 6.10 Å². The first-order valence-electron chi connectivity index (χ1n) is 6.11. The molecule has 90 valence electrons. The molecule has 1 heterocycles. The van der Waals surface area contributed by atoms with Gasteiger partial charge in [0.25, 0.3) is 0 Å². The lowest BCUT2D eigenvalue weighted by Gasteiger charge is -2.36. The molecule has 1 aromatic rings. The molecule has 1 saturated carbocycles. The van der Waals surface area contributed by atoms with Crippen molar-refractivity contribution in [1.82, 2.24) is 0 Å². The van der Waals surface area contributed by atoms with Gasteiger partial charge >= 0.3 is 0 Å². The van der Waals surface area contributed by atoms with Crippen LogP contribution in [0.4, 0.5) is 0 Å². The smallest absolute Gasteiger partial charge is 0.0580 e. The number of hydrogen-bond donors (Lipinski definition) is 1. The molecule has 1 unspecified atom stereocenters. The zero-order valence-corrected chi connectivity index (χ0v) is 10.9. The van der Waals surface area contributed by atoms with Crippen LogP contribution >= 0.6 is 11.3 Å². The van der Waals surface area contributed by atoms with E-state index in [1.165, 1.54) is 23.3 Å². The second kappa shape index (κ2) is 5.30. The molecule has 1 aliphatic carbocycles. The van der Waals surface area contributed by atoms with E-state index in [-0.39, 0.29) is 6.04 Å². The Labute approximate surface area is 102 Å². The fourth-order valence-corrected chi connectivity index (χ4v) is 3.28. The lowest BCUT2D eigenvalue weighted by Crippen LogP contribution is -2.33. The van der Waals surface area contributed by atoms with Crippen molar-refractivity contribution in [3.8, 4) is 0 Å². The Morgan fingerprint density at radius 3 is 2.88 bits per heavy atom. The fraction of sp³-hybridized carbons (Fsp3) is 0.692. The van der Waals surface area contributed by atoms with E-state index in [4.69, 9.17) is 10.5 Å². The highest BCUT2D eigenvalue weighted by atomic mass is 32.1. The molecule has 0 radical (unpaired) electrons. The van der Waals surface area contributed by atoms with Gasteiger partial charge in [0.05, 0.1) is 6.10 Å². The maximum absolute atomic E-state index is 6.24. The minimum Gasteiger partial charge on any atom is -0.378 e. The number of rotatable bonds is 5. The minimum absolute atomic E-state index is 0.221. The van der Waals surface area contributed by atoms with Gasteiger partial charge in [-0.25, -0.2) is 0 Å². The maximum Gasteiger partial charge on any atom is 0.0580 e. The zero-order chi connectivity index (χ0) is 11.5. The average molecular weight is 239 g/mol. The second-order valence-corrected chi connectivity index (χ2v) is 5.81. The fourth-order valence-electron chi connectivity index (χ4n) is 2.50. The van der Waals surface area contributed by atoms with Crippen LogP contribution in [0.3, 0.4) is 0 Å². The molecule has 3 heteroatoms. The Bertz CT molecular complexity index is 330. The number of nitrogens with two attached hydrogens (primary N) is 1. The van der Waals surface area contributed by atoms with Gasteiger partial charge in [-0.05, 0) is 56.0 Å². The van der Waals surface area contributed by atoms with Gasteiger partial charge in [0, 0.05) is 17.5 Å². The van der Waals surface area contributed by atoms with Gasteiger partial charge in [-0.3, -0.25) is 0 Å². The van der Waals surface area contributed by atoms with Gasteiger partial charge < -0.3 is 10.5 Å². The van der Waals surface area contributed by atoms with Crippen molar-refractivity contribution in [2.75, 3.05) is 6.61 Å². The predicted octanol–water partition coefficient (Wildman–Crippen LogP) is 3.26. The number of thiophene rings is 1. The molecule has 1 aliphatic rings. The van der Waals surface area contributed by atoms with Crippen LogP contribution in [0.5, 0.6) is 0 Å². The summed E-state index contributed by atoms with van der Waals surface area (Å²) >= 11 is 1.79. The molecule has 0 aliphatic heterocycles. The summed E-state index contributed by atoms with van der Waals surface area (Å²) in [4.78, 5) is 1.37. The molecule has 0 bridgehead atoms. The predicted molar refractivity (Wildman–Crippen MR) is 68.7 cm³/mol. The molecule has 2 rings (SSSR count). The third-order valence-corrected chi connectivity index (χ3v) is 4.34. The summed E-state index contributed by atoms with van der Waals surface area (Å²) in [6, 6.07) is 2.39. The highest BCUT2D eigenvalue weighted by Crippen LogP contribution is 2.37. The minimum atomic E-state index is 0.221. The van der Waals surface area contributed by atoms with E-state index < -0.39 is 0 Å². The van der Waals surface area contributed by atoms with Crippen LogP contribution in [0.25, 0.3) is 0 Å². The second-order valence-electron chi connectivity index (χ2n) is 4.69. The quantitative estimate of drug-likeness (QED) is 0.856. The number of ether oxygens (including phenoxy) is 1. The van der Waals surface area contributed by atoms with Gasteiger partial charge in [0.1, 0.15) is 0 Å². The van der Waals surface area contributed by atoms with Gasteiger partial charge in [-0.2, -0.15) is 0 Å². The number of hydrogen-bond acceptors (Lipinski definition) is 3. The van der Waals surface area contributed by atoms with Crippen LogP contribution in [-0.2, 0) is 4.74 Å². The molecular formula is C13H21NOS. The summed E-state index contributed by atoms with van der Waals surface area (Å²) in [6.45, 7) is 5.06. The van der Waals surface area contributed by atoms with E-state index in [9.17, 15) is 0 Å². The van der Waals surface area contributed by atoms with E-state index in [2.05, 4.69) is 25.3 Å². The van der Waals surface area contributed by atoms with Gasteiger partial charge in [-0.15, -0.1) is 11.3 Å². The van der Waals surface area contributed by atoms with Crippen molar-refractivity contribution >= 4 is 11.3 Å². The lowest BCUT2D eigenvalue weighted by atomic mass is 9.77. The Morgan fingerprint density at radius 2 is 2.31 bits per heavy atom. The highest BCUT2D eigenvalue weighted by molar-refractivity contribution is 7.10. The third kappa shape index (κ3) is 2.65. The molecule has 16 heavy (non-hydrogen) atoms. The van der Waals surface area contributed by atoms with Gasteiger partial charge in [0.15, 0.2) is 0 Å². The molecule has 1 atom stereocenters. The summed E-state index contributed by atoms with van der Waals surface area (Å²) in [6.07, 6.45) is 4.02. The van der Waals surface area contributed by atoms with Crippen molar-refractivity contribution in [2.24, 2.45) is 11.7 Å². The van der Waals surface area contributed by atoms with Crippen molar-refractivity contribution in [1.29, 1.82) is 0 Å². The highest BCUT2D eigenvalue weighted by Gasteiger charge is 2.31. The van der Waals surface area contributed by atoms with Crippen LogP contribution in [0, 0.1) is 12.8 Å². The number of aryl methyl sites for hydroxylation is 1. The molecule has 2 nitrogen and oxygen atoms in total. The molecule has 0 aromatic carbocycles. The zero-order valence-electron chi connectivity index (χ0n) is 10.1. The monoisotopic (exact) mass is 239 g/mol. The van der Waals surface area contributed by atoms with Crippen molar-refractivity contribution in [2.45, 2.75) is 45.3 Å². The normalized spacial score (nSPS) is 26.4. The summed E-state index contributed by atoms with van der Waals surface area (Å²) in [5.74, 6) is 0.769. The third-order valence-electron chi connectivity index (χ3n) is 3.48. The summed E-state index contributed by atoms with van der Waals surface area (Å²) in [5.41, 5.74) is 7.57. The van der Waals surface area contributed by atoms with Crippen molar-refractivity contribution in [3.63, 3.8) is 0 Å². The first kappa shape index (κ1) is 12.1. The van der Waals surface area contributed by atoms with E-state index >= 15 is 0 Å². The largest absolute Gasteiger partial charge is 0.378 e. The Morgan fingerprint density at radius 1 is 1.56 bits per heavy atom. The molecular weight excluding hydrogens is 218 g/mol. The standard InChI is InChI=1S/C13H21NOS/c1-3-15-11-6-10(7-11)8-13(14)12-4-5-16-9(12)2/h4-5,10-11,13H,3,6-8,14H2,1-2H3. The lowest BCUT2D eigenvalue weighted by molar-refractivity contribution is -0.0282. The molecule has 2 N–H and O–H groups in total. The SMILES string of the molecule is CCOC1CC(CC(N)c2ccsc2C)C1. The van der Waals surface area contributed by atoms with Crippen LogP contribution in [-0.4, -0.2) is 12.7 Å². The Hall–Kier alpha value is -0.380. The summed E-state index contributed by atoms with van der Waals surface area (Å²) in [7, 11) is 0. The Balaban J connectivity index is 1.77. The maximum atomic E-state index is 6.24. The first-order valence-corrected chi connectivity index (χ1v) is 6.99. The van der Waals surface area contributed by atoms with Gasteiger partial charge in [-0.1, -0.05) is 0 Å². The summed E-state index contributed by atoms with van der Waals surface area (Å²) < 4.78 is 5.57. The van der Waals surface area contributed by atoms with E-state index in [1.807, 2.05) is 0 Å². The molecule has 0 saturated heterocycles. The molecule has 0 amide bonds. The molecule has 1 fully saturated rings. The van der Waals surface area contributed by atoms with Gasteiger partial charge in [0.2, 0.25) is 0 Å². The van der Waals surface area contributed by atoms with Crippen molar-refractivity contribution < 1.29 is 4.74 Å². The van der Waals surface area contributed by atoms with Crippen LogP contribution < -0.4 is 5.73 Å². The Kier molecular flexibility index (Phi) is 4.00. The van der Waals surface area contributed by atoms with E-state index in [1.54, 1.807) is 11.3 Å². The van der Waals surface area contributed by atoms with Crippen molar-refractivity contribution in [3.05, 3.63) is 21.9 Å². The van der Waals surface area contributed by atoms with Crippen LogP contribution in [0.15, 0.2) is 11.4 Å². The molecule has 0 spiro atoms. The topological polar surface area (TPSA) is 35.2 Å². The first-order chi connectivity index (χ1) is 7.70. The summed E-state index contributed by atoms with van der Waals surface area (Å²) in [5, 5.41) is 2.13. The van der Waals surface area contributed by atoms with Crippen LogP contribution in [0.2, 0.25) is 0 Å².